The van der Waals surface area contributed by atoms with E-state index >= 15 is 0 Å². The number of aliphatic carboxylic acids is 1. The van der Waals surface area contributed by atoms with Crippen LogP contribution < -0.4 is 0 Å². The Balaban J connectivity index is 3.36. The number of pyridine rings is 1. The monoisotopic (exact) mass is 240 g/mol. The molecular formula is C11H13FN2O3. The number of carbonyl (C=O) groups is 2. The van der Waals surface area contributed by atoms with Gasteiger partial charge in [-0.05, 0) is 18.6 Å². The van der Waals surface area contributed by atoms with Gasteiger partial charge in [0.05, 0.1) is 11.9 Å². The summed E-state index contributed by atoms with van der Waals surface area (Å²) in [7, 11) is 1.36. The van der Waals surface area contributed by atoms with E-state index in [0.717, 1.165) is 17.2 Å². The van der Waals surface area contributed by atoms with Crippen LogP contribution in [0.5, 0.6) is 0 Å². The molecule has 5 nitrogen and oxygen atoms in total. The Hall–Kier alpha value is -1.98. The van der Waals surface area contributed by atoms with Gasteiger partial charge in [0.1, 0.15) is 5.82 Å². The minimum absolute atomic E-state index is 0.128. The molecular weight excluding hydrogens is 227 g/mol. The van der Waals surface area contributed by atoms with Gasteiger partial charge in [-0.1, -0.05) is 6.92 Å². The van der Waals surface area contributed by atoms with Crippen LogP contribution in [0.15, 0.2) is 18.3 Å². The van der Waals surface area contributed by atoms with Crippen molar-refractivity contribution in [2.75, 3.05) is 7.05 Å². The van der Waals surface area contributed by atoms with Crippen LogP contribution >= 0.6 is 0 Å². The summed E-state index contributed by atoms with van der Waals surface area (Å²) < 4.78 is 12.8. The highest BCUT2D eigenvalue weighted by atomic mass is 19.1. The lowest BCUT2D eigenvalue weighted by atomic mass is 9.90. The van der Waals surface area contributed by atoms with E-state index in [4.69, 9.17) is 0 Å². The Morgan fingerprint density at radius 3 is 2.65 bits per heavy atom. The number of amides is 1. The maximum atomic E-state index is 12.8. The number of aromatic nitrogens is 1. The van der Waals surface area contributed by atoms with Crippen molar-refractivity contribution >= 4 is 12.4 Å². The van der Waals surface area contributed by atoms with Crippen LogP contribution in [-0.2, 0) is 15.1 Å². The standard InChI is InChI=1S/C11H13FN2O3/c1-3-11(10(16)17,14(2)7-15)9-5-4-8(12)6-13-9/h4-7H,3H2,1-2H3,(H,16,17). The van der Waals surface area contributed by atoms with Crippen LogP contribution in [0, 0.1) is 5.82 Å². The van der Waals surface area contributed by atoms with Gasteiger partial charge in [0.2, 0.25) is 6.41 Å². The van der Waals surface area contributed by atoms with Gasteiger partial charge in [0.25, 0.3) is 0 Å². The molecule has 0 fully saturated rings. The molecule has 1 atom stereocenters. The zero-order valence-electron chi connectivity index (χ0n) is 9.55. The minimum Gasteiger partial charge on any atom is -0.479 e. The lowest BCUT2D eigenvalue weighted by molar-refractivity contribution is -0.155. The summed E-state index contributed by atoms with van der Waals surface area (Å²) >= 11 is 0. The third-order valence-corrected chi connectivity index (χ3v) is 2.78. The summed E-state index contributed by atoms with van der Waals surface area (Å²) in [6.07, 6.45) is 1.49. The Morgan fingerprint density at radius 1 is 1.65 bits per heavy atom. The molecule has 6 heteroatoms. The fraction of sp³-hybridized carbons (Fsp3) is 0.364. The molecule has 1 aromatic rings. The van der Waals surface area contributed by atoms with E-state index in [9.17, 15) is 19.1 Å². The SMILES string of the molecule is CCC(C(=O)O)(c1ccc(F)cn1)N(C)C=O. The third-order valence-electron chi connectivity index (χ3n) is 2.78. The summed E-state index contributed by atoms with van der Waals surface area (Å²) in [4.78, 5) is 27.0. The van der Waals surface area contributed by atoms with Gasteiger partial charge in [0, 0.05) is 7.05 Å². The number of rotatable bonds is 5. The maximum Gasteiger partial charge on any atom is 0.335 e. The first-order chi connectivity index (χ1) is 7.98. The maximum absolute atomic E-state index is 12.8. The van der Waals surface area contributed by atoms with Crippen LogP contribution in [0.25, 0.3) is 0 Å². The van der Waals surface area contributed by atoms with Gasteiger partial charge < -0.3 is 10.0 Å². The lowest BCUT2D eigenvalue weighted by Gasteiger charge is -2.34. The van der Waals surface area contributed by atoms with Gasteiger partial charge in [-0.25, -0.2) is 9.18 Å². The van der Waals surface area contributed by atoms with Gasteiger partial charge >= 0.3 is 5.97 Å². The van der Waals surface area contributed by atoms with Gasteiger partial charge in [-0.2, -0.15) is 0 Å². The van der Waals surface area contributed by atoms with Crippen LogP contribution in [-0.4, -0.2) is 34.4 Å². The van der Waals surface area contributed by atoms with E-state index in [1.54, 1.807) is 6.92 Å². The second-order valence-electron chi connectivity index (χ2n) is 3.60. The smallest absolute Gasteiger partial charge is 0.335 e. The molecule has 1 heterocycles. The number of carboxylic acid groups (broad SMARTS) is 1. The number of nitrogens with zero attached hydrogens (tertiary/aromatic N) is 2. The zero-order chi connectivity index (χ0) is 13.1. The molecule has 92 valence electrons. The largest absolute Gasteiger partial charge is 0.479 e. The van der Waals surface area contributed by atoms with E-state index in [2.05, 4.69) is 4.98 Å². The van der Waals surface area contributed by atoms with Gasteiger partial charge in [0.15, 0.2) is 5.54 Å². The molecule has 0 aliphatic heterocycles. The van der Waals surface area contributed by atoms with E-state index < -0.39 is 17.3 Å². The van der Waals surface area contributed by atoms with Crippen molar-refractivity contribution < 1.29 is 19.1 Å². The topological polar surface area (TPSA) is 70.5 Å². The number of hydrogen-bond acceptors (Lipinski definition) is 3. The average molecular weight is 240 g/mol. The Bertz CT molecular complexity index is 421. The first-order valence-corrected chi connectivity index (χ1v) is 5.02. The number of likely N-dealkylation sites (N-methyl/N-ethyl adjacent to an activating group) is 1. The molecule has 1 unspecified atom stereocenters. The van der Waals surface area contributed by atoms with Gasteiger partial charge in [-0.3, -0.25) is 9.78 Å². The highest BCUT2D eigenvalue weighted by molar-refractivity contribution is 5.82. The molecule has 0 spiro atoms. The fourth-order valence-electron chi connectivity index (χ4n) is 1.73. The van der Waals surface area contributed by atoms with Crippen LogP contribution in [0.4, 0.5) is 4.39 Å². The highest BCUT2D eigenvalue weighted by Gasteiger charge is 2.43. The molecule has 0 aliphatic carbocycles. The zero-order valence-corrected chi connectivity index (χ0v) is 9.55. The highest BCUT2D eigenvalue weighted by Crippen LogP contribution is 2.29. The molecule has 0 aliphatic rings. The second kappa shape index (κ2) is 4.90. The van der Waals surface area contributed by atoms with Crippen molar-refractivity contribution in [3.8, 4) is 0 Å². The van der Waals surface area contributed by atoms with Crippen molar-refractivity contribution in [1.29, 1.82) is 0 Å². The Morgan fingerprint density at radius 2 is 2.29 bits per heavy atom. The van der Waals surface area contributed by atoms with Crippen molar-refractivity contribution in [2.45, 2.75) is 18.9 Å². The molecule has 17 heavy (non-hydrogen) atoms. The van der Waals surface area contributed by atoms with Crippen molar-refractivity contribution in [2.24, 2.45) is 0 Å². The molecule has 0 saturated carbocycles. The molecule has 1 aromatic heterocycles. The first kappa shape index (κ1) is 13.1. The first-order valence-electron chi connectivity index (χ1n) is 5.02. The van der Waals surface area contributed by atoms with Crippen LogP contribution in [0.1, 0.15) is 19.0 Å². The summed E-state index contributed by atoms with van der Waals surface area (Å²) in [5.41, 5.74) is -1.43. The van der Waals surface area contributed by atoms with Crippen molar-refractivity contribution in [3.63, 3.8) is 0 Å². The van der Waals surface area contributed by atoms with Crippen LogP contribution in [0.3, 0.4) is 0 Å². The van der Waals surface area contributed by atoms with Crippen molar-refractivity contribution in [1.82, 2.24) is 9.88 Å². The molecule has 0 radical (unpaired) electrons. The van der Waals surface area contributed by atoms with E-state index in [-0.39, 0.29) is 12.1 Å². The third kappa shape index (κ3) is 2.11. The number of halogens is 1. The summed E-state index contributed by atoms with van der Waals surface area (Å²) in [5.74, 6) is -1.76. The molecule has 0 bridgehead atoms. The summed E-state index contributed by atoms with van der Waals surface area (Å²) in [6, 6.07) is 2.39. The molecule has 0 saturated heterocycles. The van der Waals surface area contributed by atoms with E-state index in [0.29, 0.717) is 6.41 Å². The van der Waals surface area contributed by atoms with E-state index in [1.807, 2.05) is 0 Å². The normalized spacial score (nSPS) is 13.8. The van der Waals surface area contributed by atoms with Gasteiger partial charge in [-0.15, -0.1) is 0 Å². The predicted molar refractivity (Wildman–Crippen MR) is 57.6 cm³/mol. The molecule has 1 N–H and O–H groups in total. The quantitative estimate of drug-likeness (QED) is 0.779. The number of carboxylic acids is 1. The molecule has 0 aromatic carbocycles. The summed E-state index contributed by atoms with van der Waals surface area (Å²) in [6.45, 7) is 1.62. The second-order valence-corrected chi connectivity index (χ2v) is 3.60. The molecule has 1 rings (SSSR count). The fourth-order valence-corrected chi connectivity index (χ4v) is 1.73. The number of carbonyl (C=O) groups excluding carboxylic acids is 1. The Labute approximate surface area is 97.9 Å². The minimum atomic E-state index is -1.56. The van der Waals surface area contributed by atoms with Crippen LogP contribution in [0.2, 0.25) is 0 Å². The lowest BCUT2D eigenvalue weighted by Crippen LogP contribution is -2.49. The predicted octanol–water partition coefficient (Wildman–Crippen LogP) is 0.999. The van der Waals surface area contributed by atoms with Crippen molar-refractivity contribution in [3.05, 3.63) is 29.8 Å². The molecule has 1 amide bonds. The van der Waals surface area contributed by atoms with E-state index in [1.165, 1.54) is 13.1 Å². The number of hydrogen-bond donors (Lipinski definition) is 1. The average Bonchev–Trinajstić information content (AvgIpc) is 2.32. The Kier molecular flexibility index (Phi) is 3.77. The summed E-state index contributed by atoms with van der Waals surface area (Å²) in [5, 5.41) is 9.31.